The summed E-state index contributed by atoms with van der Waals surface area (Å²) >= 11 is 0. The molecule has 3 heterocycles. The van der Waals surface area contributed by atoms with E-state index >= 15 is 0 Å². The summed E-state index contributed by atoms with van der Waals surface area (Å²) in [6.07, 6.45) is -19.4. The molecule has 0 bridgehead atoms. The predicted octanol–water partition coefficient (Wildman–Crippen LogP) is -2.62. The summed E-state index contributed by atoms with van der Waals surface area (Å²) in [7, 11) is 0. The Hall–Kier alpha value is -4.24. The number of aliphatic carboxylic acids is 1. The first-order valence-electron chi connectivity index (χ1n) is 13.1. The smallest absolute Gasteiger partial charge is 0.335 e. The third-order valence-electron chi connectivity index (χ3n) is 7.30. The summed E-state index contributed by atoms with van der Waals surface area (Å²) in [6, 6.07) is 5.06. The van der Waals surface area contributed by atoms with E-state index in [9.17, 15) is 65.8 Å². The Bertz CT molecular complexity index is 1640. The first-order chi connectivity index (χ1) is 21.2. The van der Waals surface area contributed by atoms with Crippen LogP contribution in [0.4, 0.5) is 0 Å². The molecule has 2 aromatic carbocycles. The molecule has 244 valence electrons. The van der Waals surface area contributed by atoms with Crippen LogP contribution in [0.15, 0.2) is 39.5 Å². The fourth-order valence-electron chi connectivity index (χ4n) is 4.88. The second-order valence-electron chi connectivity index (χ2n) is 10.3. The zero-order chi connectivity index (χ0) is 32.9. The lowest BCUT2D eigenvalue weighted by molar-refractivity contribution is -0.318. The number of fused-ring (bicyclic) bond motifs is 1. The number of hydrogen-bond acceptors (Lipinski definition) is 17. The van der Waals surface area contributed by atoms with Gasteiger partial charge in [-0.05, 0) is 18.2 Å². The first-order valence-corrected chi connectivity index (χ1v) is 13.1. The number of ether oxygens (including phenoxy) is 4. The standard InChI is InChI=1S/C27H28O18/c28-8-4-11(31)14-12(5-8)42-22(7-1-2-9(29)10(30)3-7)23(16(14)33)44-27-21(38)17(34)15(32)13(43-27)6-41-26-20(37)18(35)19(36)24(45-26)25(39)40/h1-5,13,15,17-21,24,26-32,34-38H,6H2,(H,39,40). The van der Waals surface area contributed by atoms with E-state index < -0.39 is 119 Å². The molecule has 3 aromatic rings. The van der Waals surface area contributed by atoms with Crippen LogP contribution in [-0.2, 0) is 19.0 Å². The molecule has 0 amide bonds. The van der Waals surface area contributed by atoms with Crippen molar-refractivity contribution in [3.8, 4) is 40.1 Å². The number of carboxylic acid groups (broad SMARTS) is 1. The number of carboxylic acids is 1. The van der Waals surface area contributed by atoms with Crippen LogP contribution in [0.3, 0.4) is 0 Å². The molecule has 18 heteroatoms. The van der Waals surface area contributed by atoms with E-state index in [1.807, 2.05) is 0 Å². The molecule has 2 aliphatic heterocycles. The number of carbonyl (C=O) groups is 1. The quantitative estimate of drug-likeness (QED) is 0.118. The highest BCUT2D eigenvalue weighted by molar-refractivity contribution is 5.88. The van der Waals surface area contributed by atoms with Gasteiger partial charge in [0.15, 0.2) is 29.7 Å². The summed E-state index contributed by atoms with van der Waals surface area (Å²) in [5.41, 5.74) is -1.49. The molecule has 18 nitrogen and oxygen atoms in total. The van der Waals surface area contributed by atoms with E-state index in [0.717, 1.165) is 24.3 Å². The van der Waals surface area contributed by atoms with Crippen molar-refractivity contribution in [2.24, 2.45) is 0 Å². The molecule has 5 rings (SSSR count). The lowest BCUT2D eigenvalue weighted by Gasteiger charge is -2.42. The minimum absolute atomic E-state index is 0.0786. The molecule has 45 heavy (non-hydrogen) atoms. The van der Waals surface area contributed by atoms with E-state index in [-0.39, 0.29) is 11.1 Å². The molecule has 10 atom stereocenters. The Kier molecular flexibility index (Phi) is 8.77. The zero-order valence-corrected chi connectivity index (χ0v) is 22.6. The topological polar surface area (TPSA) is 307 Å². The van der Waals surface area contributed by atoms with Crippen molar-refractivity contribution in [3.63, 3.8) is 0 Å². The Labute approximate surface area is 250 Å². The van der Waals surface area contributed by atoms with E-state index in [4.69, 9.17) is 23.4 Å². The highest BCUT2D eigenvalue weighted by Gasteiger charge is 2.50. The minimum atomic E-state index is -2.05. The highest BCUT2D eigenvalue weighted by Crippen LogP contribution is 2.39. The van der Waals surface area contributed by atoms with Crippen LogP contribution in [0.5, 0.6) is 28.7 Å². The van der Waals surface area contributed by atoms with E-state index in [2.05, 4.69) is 0 Å². The van der Waals surface area contributed by atoms with Gasteiger partial charge in [0.2, 0.25) is 17.5 Å². The van der Waals surface area contributed by atoms with Crippen molar-refractivity contribution in [2.75, 3.05) is 6.61 Å². The molecule has 1 aromatic heterocycles. The van der Waals surface area contributed by atoms with Crippen LogP contribution >= 0.6 is 0 Å². The minimum Gasteiger partial charge on any atom is -0.508 e. The normalized spacial score (nSPS) is 32.0. The fourth-order valence-corrected chi connectivity index (χ4v) is 4.88. The van der Waals surface area contributed by atoms with Crippen LogP contribution in [-0.4, -0.2) is 130 Å². The second kappa shape index (κ2) is 12.3. The number of phenolic OH excluding ortho intramolecular Hbond substituents is 4. The van der Waals surface area contributed by atoms with Crippen LogP contribution in [0.1, 0.15) is 0 Å². The van der Waals surface area contributed by atoms with Crippen LogP contribution in [0.25, 0.3) is 22.3 Å². The Morgan fingerprint density at radius 2 is 1.42 bits per heavy atom. The number of aromatic hydroxyl groups is 4. The molecule has 0 aliphatic carbocycles. The summed E-state index contributed by atoms with van der Waals surface area (Å²) < 4.78 is 27.2. The van der Waals surface area contributed by atoms with Gasteiger partial charge in [-0.2, -0.15) is 0 Å². The fraction of sp³-hybridized carbons (Fsp3) is 0.407. The van der Waals surface area contributed by atoms with Gasteiger partial charge in [0.05, 0.1) is 6.61 Å². The maximum absolute atomic E-state index is 13.6. The van der Waals surface area contributed by atoms with Crippen molar-refractivity contribution in [2.45, 2.75) is 61.4 Å². The van der Waals surface area contributed by atoms with Gasteiger partial charge < -0.3 is 79.5 Å². The molecule has 10 unspecified atom stereocenters. The van der Waals surface area contributed by atoms with Gasteiger partial charge in [-0.1, -0.05) is 0 Å². The van der Waals surface area contributed by atoms with Gasteiger partial charge in [-0.15, -0.1) is 0 Å². The largest absolute Gasteiger partial charge is 0.508 e. The third-order valence-corrected chi connectivity index (χ3v) is 7.30. The average molecular weight is 641 g/mol. The maximum atomic E-state index is 13.6. The lowest BCUT2D eigenvalue weighted by atomic mass is 9.98. The SMILES string of the molecule is O=C(O)C1OC(OCC2OC(Oc3c(-c4ccc(O)c(O)c4)oc4cc(O)cc(O)c4c3=O)C(O)C(O)C2O)C(O)C(O)C1O. The van der Waals surface area contributed by atoms with Gasteiger partial charge in [-0.3, -0.25) is 4.79 Å². The number of hydrogen-bond donors (Lipinski definition) is 11. The Balaban J connectivity index is 1.47. The summed E-state index contributed by atoms with van der Waals surface area (Å²) in [5, 5.41) is 111. The van der Waals surface area contributed by atoms with Crippen molar-refractivity contribution >= 4 is 16.9 Å². The zero-order valence-electron chi connectivity index (χ0n) is 22.6. The molecule has 2 fully saturated rings. The molecule has 0 spiro atoms. The van der Waals surface area contributed by atoms with Crippen molar-refractivity contribution in [3.05, 3.63) is 40.6 Å². The number of aliphatic hydroxyl groups is 6. The van der Waals surface area contributed by atoms with Gasteiger partial charge >= 0.3 is 5.97 Å². The summed E-state index contributed by atoms with van der Waals surface area (Å²) in [4.78, 5) is 24.9. The average Bonchev–Trinajstić information content (AvgIpc) is 2.98. The van der Waals surface area contributed by atoms with Crippen molar-refractivity contribution < 1.29 is 84.3 Å². The van der Waals surface area contributed by atoms with Gasteiger partial charge in [0.25, 0.3) is 0 Å². The monoisotopic (exact) mass is 640 g/mol. The van der Waals surface area contributed by atoms with Gasteiger partial charge in [0, 0.05) is 17.7 Å². The number of benzene rings is 2. The van der Waals surface area contributed by atoms with Crippen LogP contribution in [0, 0.1) is 0 Å². The number of phenols is 4. The summed E-state index contributed by atoms with van der Waals surface area (Å²) in [6.45, 7) is -0.799. The van der Waals surface area contributed by atoms with E-state index in [1.54, 1.807) is 0 Å². The second-order valence-corrected chi connectivity index (χ2v) is 10.3. The molecule has 2 aliphatic rings. The van der Waals surface area contributed by atoms with Gasteiger partial charge in [0.1, 0.15) is 65.2 Å². The molecular formula is C27H28O18. The molecule has 0 saturated carbocycles. The Morgan fingerprint density at radius 3 is 2.09 bits per heavy atom. The molecule has 2 saturated heterocycles. The van der Waals surface area contributed by atoms with E-state index in [1.165, 1.54) is 6.07 Å². The number of aliphatic hydroxyl groups excluding tert-OH is 6. The molecular weight excluding hydrogens is 612 g/mol. The first kappa shape index (κ1) is 32.2. The molecule has 0 radical (unpaired) electrons. The third kappa shape index (κ3) is 5.93. The van der Waals surface area contributed by atoms with Gasteiger partial charge in [-0.25, -0.2) is 4.79 Å². The van der Waals surface area contributed by atoms with E-state index in [0.29, 0.717) is 0 Å². The molecule has 11 N–H and O–H groups in total. The highest BCUT2D eigenvalue weighted by atomic mass is 16.7. The van der Waals surface area contributed by atoms with Crippen LogP contribution in [0.2, 0.25) is 0 Å². The number of rotatable bonds is 7. The summed E-state index contributed by atoms with van der Waals surface area (Å²) in [5.74, 6) is -5.28. The maximum Gasteiger partial charge on any atom is 0.335 e. The van der Waals surface area contributed by atoms with Crippen molar-refractivity contribution in [1.29, 1.82) is 0 Å². The lowest BCUT2D eigenvalue weighted by Crippen LogP contribution is -2.62. The van der Waals surface area contributed by atoms with Crippen molar-refractivity contribution in [1.82, 2.24) is 0 Å². The van der Waals surface area contributed by atoms with Crippen LogP contribution < -0.4 is 10.2 Å². The Morgan fingerprint density at radius 1 is 0.756 bits per heavy atom. The predicted molar refractivity (Wildman–Crippen MR) is 142 cm³/mol.